The maximum atomic E-state index is 10.9. The van der Waals surface area contributed by atoms with E-state index in [0.29, 0.717) is 17.5 Å². The van der Waals surface area contributed by atoms with Crippen LogP contribution in [-0.2, 0) is 0 Å². The zero-order valence-electron chi connectivity index (χ0n) is 15.9. The smallest absolute Gasteiger partial charge is 0.269 e. The van der Waals surface area contributed by atoms with Gasteiger partial charge in [0.15, 0.2) is 0 Å². The molecule has 0 saturated carbocycles. The minimum absolute atomic E-state index is 0.0664. The molecule has 3 heterocycles. The van der Waals surface area contributed by atoms with E-state index in [1.54, 1.807) is 18.2 Å². The number of nitrogens with zero attached hydrogens (tertiary/aromatic N) is 5. The molecule has 150 valence electrons. The Morgan fingerprint density at radius 1 is 1.13 bits per heavy atom. The fourth-order valence-electron chi connectivity index (χ4n) is 3.96. The van der Waals surface area contributed by atoms with E-state index in [1.165, 1.54) is 12.1 Å². The second-order valence-electron chi connectivity index (χ2n) is 7.19. The lowest BCUT2D eigenvalue weighted by Gasteiger charge is -2.23. The Balaban J connectivity index is 1.49. The van der Waals surface area contributed by atoms with E-state index in [-0.39, 0.29) is 11.7 Å². The number of benzene rings is 2. The summed E-state index contributed by atoms with van der Waals surface area (Å²) in [4.78, 5) is 21.7. The van der Waals surface area contributed by atoms with Gasteiger partial charge in [0.2, 0.25) is 11.7 Å². The van der Waals surface area contributed by atoms with Gasteiger partial charge in [-0.25, -0.2) is 4.98 Å². The molecular formula is C21H18N6O3. The van der Waals surface area contributed by atoms with E-state index in [0.717, 1.165) is 41.5 Å². The van der Waals surface area contributed by atoms with Crippen molar-refractivity contribution < 1.29 is 9.45 Å². The van der Waals surface area contributed by atoms with Gasteiger partial charge in [-0.05, 0) is 37.1 Å². The van der Waals surface area contributed by atoms with E-state index in [4.69, 9.17) is 10.3 Å². The number of para-hydroxylation sites is 1. The summed E-state index contributed by atoms with van der Waals surface area (Å²) < 4.78 is 5.63. The van der Waals surface area contributed by atoms with E-state index >= 15 is 0 Å². The number of nitro benzene ring substituents is 1. The molecule has 0 bridgehead atoms. The van der Waals surface area contributed by atoms with Crippen LogP contribution >= 0.6 is 0 Å². The number of anilines is 2. The first kappa shape index (κ1) is 18.0. The van der Waals surface area contributed by atoms with Crippen molar-refractivity contribution in [2.24, 2.45) is 0 Å². The highest BCUT2D eigenvalue weighted by Gasteiger charge is 2.31. The molecule has 1 unspecified atom stereocenters. The third-order valence-corrected chi connectivity index (χ3v) is 5.35. The van der Waals surface area contributed by atoms with Crippen molar-refractivity contribution in [3.8, 4) is 11.4 Å². The highest BCUT2D eigenvalue weighted by atomic mass is 16.6. The third-order valence-electron chi connectivity index (χ3n) is 5.35. The molecule has 0 spiro atoms. The number of hydrogen-bond donors (Lipinski definition) is 1. The SMILES string of the molecule is Nc1cc(-c2noc(C3CCCN3c3ccc([N+](=O)[O-])cc3)n2)c2ccccc2n1. The van der Waals surface area contributed by atoms with Gasteiger partial charge < -0.3 is 15.2 Å². The summed E-state index contributed by atoms with van der Waals surface area (Å²) in [5.41, 5.74) is 8.47. The average molecular weight is 402 g/mol. The molecular weight excluding hydrogens is 384 g/mol. The maximum Gasteiger partial charge on any atom is 0.269 e. The summed E-state index contributed by atoms with van der Waals surface area (Å²) in [6.45, 7) is 0.811. The predicted molar refractivity (Wildman–Crippen MR) is 112 cm³/mol. The summed E-state index contributed by atoms with van der Waals surface area (Å²) in [6.07, 6.45) is 1.82. The highest BCUT2D eigenvalue weighted by Crippen LogP contribution is 2.37. The second kappa shape index (κ2) is 7.11. The molecule has 30 heavy (non-hydrogen) atoms. The van der Waals surface area contributed by atoms with Crippen molar-refractivity contribution in [1.82, 2.24) is 15.1 Å². The van der Waals surface area contributed by atoms with Gasteiger partial charge in [0, 0.05) is 35.3 Å². The Kier molecular flexibility index (Phi) is 4.27. The molecule has 0 radical (unpaired) electrons. The van der Waals surface area contributed by atoms with Gasteiger partial charge in [0.1, 0.15) is 11.9 Å². The number of nitrogen functional groups attached to an aromatic ring is 1. The monoisotopic (exact) mass is 402 g/mol. The van der Waals surface area contributed by atoms with Crippen LogP contribution in [0.25, 0.3) is 22.3 Å². The lowest BCUT2D eigenvalue weighted by Crippen LogP contribution is -2.22. The Labute approximate surface area is 171 Å². The van der Waals surface area contributed by atoms with Gasteiger partial charge in [-0.1, -0.05) is 23.4 Å². The zero-order valence-corrected chi connectivity index (χ0v) is 15.9. The van der Waals surface area contributed by atoms with E-state index in [1.807, 2.05) is 24.3 Å². The molecule has 0 amide bonds. The number of rotatable bonds is 4. The molecule has 1 saturated heterocycles. The summed E-state index contributed by atoms with van der Waals surface area (Å²) in [5, 5.41) is 16.0. The van der Waals surface area contributed by atoms with Crippen LogP contribution in [-0.4, -0.2) is 26.6 Å². The molecule has 1 aliphatic rings. The molecule has 1 atom stereocenters. The van der Waals surface area contributed by atoms with Gasteiger partial charge in [-0.3, -0.25) is 10.1 Å². The summed E-state index contributed by atoms with van der Waals surface area (Å²) in [6, 6.07) is 15.9. The van der Waals surface area contributed by atoms with Gasteiger partial charge in [0.25, 0.3) is 5.69 Å². The quantitative estimate of drug-likeness (QED) is 0.399. The van der Waals surface area contributed by atoms with Crippen molar-refractivity contribution in [1.29, 1.82) is 0 Å². The van der Waals surface area contributed by atoms with Gasteiger partial charge in [-0.15, -0.1) is 0 Å². The van der Waals surface area contributed by atoms with Crippen LogP contribution in [0.5, 0.6) is 0 Å². The number of aromatic nitrogens is 3. The Hall–Kier alpha value is -4.01. The normalized spacial score (nSPS) is 16.3. The fraction of sp³-hybridized carbons (Fsp3) is 0.190. The van der Waals surface area contributed by atoms with Crippen molar-refractivity contribution in [2.75, 3.05) is 17.2 Å². The van der Waals surface area contributed by atoms with Gasteiger partial charge in [0.05, 0.1) is 10.4 Å². The average Bonchev–Trinajstić information content (AvgIpc) is 3.42. The largest absolute Gasteiger partial charge is 0.384 e. The van der Waals surface area contributed by atoms with Gasteiger partial charge >= 0.3 is 0 Å². The summed E-state index contributed by atoms with van der Waals surface area (Å²) in [7, 11) is 0. The molecule has 9 heteroatoms. The first-order chi connectivity index (χ1) is 14.6. The lowest BCUT2D eigenvalue weighted by atomic mass is 10.1. The van der Waals surface area contributed by atoms with Crippen LogP contribution in [0.2, 0.25) is 0 Å². The number of non-ortho nitro benzene ring substituents is 1. The van der Waals surface area contributed by atoms with Crippen LogP contribution < -0.4 is 10.6 Å². The van der Waals surface area contributed by atoms with E-state index in [9.17, 15) is 10.1 Å². The summed E-state index contributed by atoms with van der Waals surface area (Å²) >= 11 is 0. The van der Waals surface area contributed by atoms with Crippen LogP contribution in [0, 0.1) is 10.1 Å². The van der Waals surface area contributed by atoms with Crippen molar-refractivity contribution >= 4 is 28.1 Å². The minimum Gasteiger partial charge on any atom is -0.384 e. The number of hydrogen-bond acceptors (Lipinski definition) is 8. The molecule has 2 aromatic heterocycles. The molecule has 1 fully saturated rings. The number of pyridine rings is 1. The first-order valence-corrected chi connectivity index (χ1v) is 9.60. The standard InChI is InChI=1S/C21H18N6O3/c22-19-12-16(15-4-1-2-5-17(15)23-19)20-24-21(30-25-20)18-6-3-11-26(18)13-7-9-14(10-8-13)27(28)29/h1-2,4-5,7-10,12,18H,3,6,11H2,(H2,22,23). The molecule has 9 nitrogen and oxygen atoms in total. The molecule has 2 N–H and O–H groups in total. The summed E-state index contributed by atoms with van der Waals surface area (Å²) in [5.74, 6) is 1.37. The number of fused-ring (bicyclic) bond motifs is 1. The second-order valence-corrected chi connectivity index (χ2v) is 7.19. The molecule has 5 rings (SSSR count). The Morgan fingerprint density at radius 3 is 2.73 bits per heavy atom. The molecule has 0 aliphatic carbocycles. The number of nitro groups is 1. The van der Waals surface area contributed by atoms with Crippen molar-refractivity contribution in [2.45, 2.75) is 18.9 Å². The van der Waals surface area contributed by atoms with Crippen LogP contribution in [0.3, 0.4) is 0 Å². The lowest BCUT2D eigenvalue weighted by molar-refractivity contribution is -0.384. The highest BCUT2D eigenvalue weighted by molar-refractivity contribution is 5.94. The predicted octanol–water partition coefficient (Wildman–Crippen LogP) is 4.12. The number of nitrogens with two attached hydrogens (primary N) is 1. The minimum atomic E-state index is -0.403. The fourth-order valence-corrected chi connectivity index (χ4v) is 3.96. The molecule has 2 aromatic carbocycles. The molecule has 4 aromatic rings. The van der Waals surface area contributed by atoms with Crippen molar-refractivity contribution in [3.05, 3.63) is 70.6 Å². The van der Waals surface area contributed by atoms with Gasteiger partial charge in [-0.2, -0.15) is 4.98 Å². The zero-order chi connectivity index (χ0) is 20.7. The Bertz CT molecular complexity index is 1240. The van der Waals surface area contributed by atoms with Crippen LogP contribution in [0.15, 0.2) is 59.1 Å². The maximum absolute atomic E-state index is 10.9. The van der Waals surface area contributed by atoms with E-state index < -0.39 is 4.92 Å². The first-order valence-electron chi connectivity index (χ1n) is 9.60. The van der Waals surface area contributed by atoms with Crippen molar-refractivity contribution in [3.63, 3.8) is 0 Å². The van der Waals surface area contributed by atoms with Crippen LogP contribution in [0.4, 0.5) is 17.2 Å². The van der Waals surface area contributed by atoms with E-state index in [2.05, 4.69) is 20.0 Å². The third kappa shape index (κ3) is 3.10. The Morgan fingerprint density at radius 2 is 1.93 bits per heavy atom. The van der Waals surface area contributed by atoms with Crippen LogP contribution in [0.1, 0.15) is 24.8 Å². The topological polar surface area (TPSA) is 124 Å². The molecule has 1 aliphatic heterocycles.